The highest BCUT2D eigenvalue weighted by Crippen LogP contribution is 2.34. The summed E-state index contributed by atoms with van der Waals surface area (Å²) in [6, 6.07) is 5.16. The molecular formula is C14H14F3N3S. The van der Waals surface area contributed by atoms with E-state index < -0.39 is 11.7 Å². The third-order valence-corrected chi connectivity index (χ3v) is 3.16. The van der Waals surface area contributed by atoms with Crippen LogP contribution < -0.4 is 10.7 Å². The molecule has 0 radical (unpaired) electrons. The molecule has 0 heterocycles. The summed E-state index contributed by atoms with van der Waals surface area (Å²) < 4.78 is 38.5. The Morgan fingerprint density at radius 2 is 1.95 bits per heavy atom. The van der Waals surface area contributed by atoms with Gasteiger partial charge in [0.1, 0.15) is 0 Å². The van der Waals surface area contributed by atoms with E-state index in [2.05, 4.69) is 15.8 Å². The number of para-hydroxylation sites is 1. The van der Waals surface area contributed by atoms with Crippen molar-refractivity contribution in [3.63, 3.8) is 0 Å². The molecule has 0 aromatic heterocycles. The standard InChI is InChI=1S/C14H14F3N3S/c1-9-6-7-10(8-9)19-20-13(21)18-12-5-3-2-4-11(12)14(15,16)17/h2-5,8H,6-7H2,1H3,(H2,18,20,21)/b19-10-. The summed E-state index contributed by atoms with van der Waals surface area (Å²) in [6.45, 7) is 2.00. The van der Waals surface area contributed by atoms with Crippen LogP contribution in [0.2, 0.25) is 0 Å². The first kappa shape index (κ1) is 15.5. The molecule has 1 aromatic carbocycles. The lowest BCUT2D eigenvalue weighted by Crippen LogP contribution is -2.26. The largest absolute Gasteiger partial charge is 0.418 e. The van der Waals surface area contributed by atoms with Crippen molar-refractivity contribution >= 4 is 28.7 Å². The summed E-state index contributed by atoms with van der Waals surface area (Å²) in [7, 11) is 0. The number of hydrazone groups is 1. The summed E-state index contributed by atoms with van der Waals surface area (Å²) >= 11 is 4.97. The summed E-state index contributed by atoms with van der Waals surface area (Å²) in [6.07, 6.45) is -0.756. The van der Waals surface area contributed by atoms with Crippen LogP contribution >= 0.6 is 12.2 Å². The van der Waals surface area contributed by atoms with Gasteiger partial charge in [-0.2, -0.15) is 18.3 Å². The molecule has 0 spiro atoms. The SMILES string of the molecule is CC1=C/C(=N\NC(=S)Nc2ccccc2C(F)(F)F)CC1. The molecule has 0 bridgehead atoms. The van der Waals surface area contributed by atoms with Crippen molar-refractivity contribution in [3.8, 4) is 0 Å². The van der Waals surface area contributed by atoms with Gasteiger partial charge >= 0.3 is 6.18 Å². The minimum Gasteiger partial charge on any atom is -0.331 e. The Balaban J connectivity index is 2.04. The van der Waals surface area contributed by atoms with Gasteiger partial charge in [0, 0.05) is 0 Å². The number of nitrogens with one attached hydrogen (secondary N) is 2. The fraction of sp³-hybridized carbons (Fsp3) is 0.286. The van der Waals surface area contributed by atoms with Gasteiger partial charge < -0.3 is 5.32 Å². The smallest absolute Gasteiger partial charge is 0.331 e. The molecule has 0 amide bonds. The molecule has 0 saturated heterocycles. The average molecular weight is 313 g/mol. The first-order valence-corrected chi connectivity index (χ1v) is 6.74. The number of allylic oxidation sites excluding steroid dienone is 2. The zero-order valence-electron chi connectivity index (χ0n) is 11.3. The van der Waals surface area contributed by atoms with Crippen molar-refractivity contribution in [2.24, 2.45) is 5.10 Å². The van der Waals surface area contributed by atoms with E-state index in [0.717, 1.165) is 24.6 Å². The van der Waals surface area contributed by atoms with Gasteiger partial charge in [0.25, 0.3) is 0 Å². The Bertz CT molecular complexity index is 606. The number of hydrogen-bond donors (Lipinski definition) is 2. The molecule has 3 nitrogen and oxygen atoms in total. The number of anilines is 1. The van der Waals surface area contributed by atoms with Crippen LogP contribution in [0.1, 0.15) is 25.3 Å². The quantitative estimate of drug-likeness (QED) is 0.638. The highest BCUT2D eigenvalue weighted by molar-refractivity contribution is 7.80. The Morgan fingerprint density at radius 1 is 1.24 bits per heavy atom. The van der Waals surface area contributed by atoms with E-state index in [1.165, 1.54) is 23.8 Å². The lowest BCUT2D eigenvalue weighted by atomic mass is 10.2. The number of halogens is 3. The predicted octanol–water partition coefficient (Wildman–Crippen LogP) is 4.09. The monoisotopic (exact) mass is 313 g/mol. The van der Waals surface area contributed by atoms with E-state index in [1.54, 1.807) is 0 Å². The lowest BCUT2D eigenvalue weighted by molar-refractivity contribution is -0.136. The molecule has 1 aliphatic carbocycles. The van der Waals surface area contributed by atoms with Crippen LogP contribution in [0.25, 0.3) is 0 Å². The van der Waals surface area contributed by atoms with Crippen LogP contribution in [0.15, 0.2) is 41.0 Å². The second-order valence-corrected chi connectivity index (χ2v) is 5.11. The highest BCUT2D eigenvalue weighted by atomic mass is 32.1. The van der Waals surface area contributed by atoms with E-state index in [9.17, 15) is 13.2 Å². The molecule has 0 atom stereocenters. The second kappa shape index (κ2) is 6.26. The van der Waals surface area contributed by atoms with E-state index in [0.29, 0.717) is 0 Å². The third kappa shape index (κ3) is 4.29. The summed E-state index contributed by atoms with van der Waals surface area (Å²) in [5.74, 6) is 0. The number of rotatable bonds is 2. The zero-order valence-corrected chi connectivity index (χ0v) is 12.1. The molecule has 1 aliphatic rings. The fourth-order valence-electron chi connectivity index (χ4n) is 1.95. The normalized spacial score (nSPS) is 16.8. The van der Waals surface area contributed by atoms with Crippen molar-refractivity contribution in [2.75, 3.05) is 5.32 Å². The predicted molar refractivity (Wildman–Crippen MR) is 81.2 cm³/mol. The Morgan fingerprint density at radius 3 is 2.57 bits per heavy atom. The fourth-order valence-corrected chi connectivity index (χ4v) is 2.11. The van der Waals surface area contributed by atoms with Crippen molar-refractivity contribution in [1.82, 2.24) is 5.43 Å². The van der Waals surface area contributed by atoms with Gasteiger partial charge in [0.05, 0.1) is 17.0 Å². The summed E-state index contributed by atoms with van der Waals surface area (Å²) in [5.41, 5.74) is 3.76. The van der Waals surface area contributed by atoms with Crippen molar-refractivity contribution in [1.29, 1.82) is 0 Å². The van der Waals surface area contributed by atoms with Crippen LogP contribution in [0.3, 0.4) is 0 Å². The van der Waals surface area contributed by atoms with Gasteiger partial charge in [-0.3, -0.25) is 5.43 Å². The molecule has 112 valence electrons. The number of hydrogen-bond acceptors (Lipinski definition) is 2. The van der Waals surface area contributed by atoms with Crippen LogP contribution in [-0.2, 0) is 6.18 Å². The van der Waals surface area contributed by atoms with E-state index in [-0.39, 0.29) is 10.8 Å². The van der Waals surface area contributed by atoms with E-state index >= 15 is 0 Å². The van der Waals surface area contributed by atoms with Crippen molar-refractivity contribution < 1.29 is 13.2 Å². The average Bonchev–Trinajstić information content (AvgIpc) is 2.82. The molecule has 0 saturated carbocycles. The minimum atomic E-state index is -4.43. The van der Waals surface area contributed by atoms with Crippen LogP contribution in [0.4, 0.5) is 18.9 Å². The minimum absolute atomic E-state index is 0.0251. The Hall–Kier alpha value is -1.89. The Labute approximate surface area is 125 Å². The summed E-state index contributed by atoms with van der Waals surface area (Å²) in [4.78, 5) is 0. The molecule has 2 rings (SSSR count). The van der Waals surface area contributed by atoms with E-state index in [4.69, 9.17) is 12.2 Å². The topological polar surface area (TPSA) is 36.4 Å². The third-order valence-electron chi connectivity index (χ3n) is 2.97. The van der Waals surface area contributed by atoms with Gasteiger partial charge in [-0.1, -0.05) is 17.7 Å². The maximum atomic E-state index is 12.8. The molecule has 1 aromatic rings. The maximum Gasteiger partial charge on any atom is 0.418 e. The van der Waals surface area contributed by atoms with Gasteiger partial charge in [-0.05, 0) is 50.2 Å². The Kier molecular flexibility index (Phi) is 4.62. The van der Waals surface area contributed by atoms with Crippen LogP contribution in [0, 0.1) is 0 Å². The first-order chi connectivity index (χ1) is 9.86. The van der Waals surface area contributed by atoms with Gasteiger partial charge in [-0.25, -0.2) is 0 Å². The van der Waals surface area contributed by atoms with Crippen molar-refractivity contribution in [3.05, 3.63) is 41.5 Å². The molecule has 0 aliphatic heterocycles. The van der Waals surface area contributed by atoms with Gasteiger partial charge in [0.15, 0.2) is 5.11 Å². The summed E-state index contributed by atoms with van der Waals surface area (Å²) in [5, 5.41) is 6.62. The number of thiocarbonyl (C=S) groups is 1. The maximum absolute atomic E-state index is 12.8. The molecule has 0 fully saturated rings. The second-order valence-electron chi connectivity index (χ2n) is 4.70. The highest BCUT2D eigenvalue weighted by Gasteiger charge is 2.33. The number of nitrogens with zero attached hydrogens (tertiary/aromatic N) is 1. The first-order valence-electron chi connectivity index (χ1n) is 6.33. The van der Waals surface area contributed by atoms with Gasteiger partial charge in [0.2, 0.25) is 0 Å². The lowest BCUT2D eigenvalue weighted by Gasteiger charge is -2.14. The molecule has 21 heavy (non-hydrogen) atoms. The van der Waals surface area contributed by atoms with Crippen LogP contribution in [0.5, 0.6) is 0 Å². The number of benzene rings is 1. The van der Waals surface area contributed by atoms with Crippen LogP contribution in [-0.4, -0.2) is 10.8 Å². The van der Waals surface area contributed by atoms with Crippen molar-refractivity contribution in [2.45, 2.75) is 25.9 Å². The molecule has 0 unspecified atom stereocenters. The molecule has 2 N–H and O–H groups in total. The van der Waals surface area contributed by atoms with E-state index in [1.807, 2.05) is 13.0 Å². The number of alkyl halides is 3. The van der Waals surface area contributed by atoms with Gasteiger partial charge in [-0.15, -0.1) is 0 Å². The molecular weight excluding hydrogens is 299 g/mol. The molecule has 7 heteroatoms. The zero-order chi connectivity index (χ0) is 15.5.